The first-order chi connectivity index (χ1) is 6.82. The third-order valence-corrected chi connectivity index (χ3v) is 1.90. The van der Waals surface area contributed by atoms with E-state index >= 15 is 0 Å². The number of hydrogen-bond donors (Lipinski definition) is 1. The molecule has 5 heteroatoms. The first-order valence-corrected chi connectivity index (χ1v) is 4.97. The zero-order chi connectivity index (χ0) is 11.7. The highest BCUT2D eigenvalue weighted by atomic mass is 16.6. The molecule has 15 heavy (non-hydrogen) atoms. The normalized spacial score (nSPS) is 24.5. The summed E-state index contributed by atoms with van der Waals surface area (Å²) in [5.41, 5.74) is -1.84. The van der Waals surface area contributed by atoms with E-state index in [4.69, 9.17) is 9.47 Å². The fourth-order valence-electron chi connectivity index (χ4n) is 1.08. The predicted molar refractivity (Wildman–Crippen MR) is 53.2 cm³/mol. The first kappa shape index (κ1) is 12.0. The van der Waals surface area contributed by atoms with Gasteiger partial charge in [0, 0.05) is 6.54 Å². The number of carbonyl (C=O) groups excluding carboxylic acids is 2. The molecule has 0 aliphatic carbocycles. The number of nitrogens with one attached hydrogen (secondary N) is 1. The van der Waals surface area contributed by atoms with E-state index in [2.05, 4.69) is 5.32 Å². The van der Waals surface area contributed by atoms with Gasteiger partial charge in [-0.3, -0.25) is 5.32 Å². The van der Waals surface area contributed by atoms with Crippen molar-refractivity contribution in [2.45, 2.75) is 38.8 Å². The van der Waals surface area contributed by atoms with E-state index in [1.807, 2.05) is 0 Å². The zero-order valence-corrected chi connectivity index (χ0v) is 9.55. The average molecular weight is 215 g/mol. The Morgan fingerprint density at radius 2 is 1.87 bits per heavy atom. The molecule has 1 aliphatic rings. The smallest absolute Gasteiger partial charge is 0.339 e. The van der Waals surface area contributed by atoms with E-state index in [9.17, 15) is 9.59 Å². The van der Waals surface area contributed by atoms with Crippen LogP contribution in [0.3, 0.4) is 0 Å². The second kappa shape index (κ2) is 3.81. The van der Waals surface area contributed by atoms with Crippen molar-refractivity contribution in [2.24, 2.45) is 0 Å². The van der Waals surface area contributed by atoms with Crippen molar-refractivity contribution in [3.8, 4) is 0 Å². The number of esters is 2. The molecule has 0 radical (unpaired) electrons. The summed E-state index contributed by atoms with van der Waals surface area (Å²) in [5.74, 6) is -1.12. The SMILES string of the molecule is CCOC(=O)C1(C(=O)OC(C)(C)C)CN1. The number of ether oxygens (including phenoxy) is 2. The fourth-order valence-corrected chi connectivity index (χ4v) is 1.08. The highest BCUT2D eigenvalue weighted by Crippen LogP contribution is 2.24. The van der Waals surface area contributed by atoms with Crippen LogP contribution in [0, 0.1) is 0 Å². The Bertz CT molecular complexity index is 276. The Labute approximate surface area is 89.1 Å². The monoisotopic (exact) mass is 215 g/mol. The van der Waals surface area contributed by atoms with Crippen molar-refractivity contribution in [3.05, 3.63) is 0 Å². The minimum atomic E-state index is -1.25. The maximum atomic E-state index is 11.7. The molecule has 1 unspecified atom stereocenters. The van der Waals surface area contributed by atoms with Crippen LogP contribution in [0.2, 0.25) is 0 Å². The summed E-state index contributed by atoms with van der Waals surface area (Å²) < 4.78 is 9.93. The molecule has 1 aliphatic heterocycles. The van der Waals surface area contributed by atoms with Gasteiger partial charge >= 0.3 is 11.9 Å². The summed E-state index contributed by atoms with van der Waals surface area (Å²) in [6.07, 6.45) is 0. The molecule has 1 N–H and O–H groups in total. The lowest BCUT2D eigenvalue weighted by molar-refractivity contribution is -0.166. The quantitative estimate of drug-likeness (QED) is 0.414. The zero-order valence-electron chi connectivity index (χ0n) is 9.55. The summed E-state index contributed by atoms with van der Waals surface area (Å²) in [6.45, 7) is 7.51. The average Bonchev–Trinajstić information content (AvgIpc) is 2.80. The van der Waals surface area contributed by atoms with E-state index in [1.165, 1.54) is 0 Å². The Morgan fingerprint density at radius 1 is 1.33 bits per heavy atom. The Hall–Kier alpha value is -1.10. The van der Waals surface area contributed by atoms with Crippen LogP contribution in [0.4, 0.5) is 0 Å². The van der Waals surface area contributed by atoms with Crippen LogP contribution in [0.15, 0.2) is 0 Å². The molecule has 0 aromatic carbocycles. The lowest BCUT2D eigenvalue weighted by atomic mass is 10.1. The molecular weight excluding hydrogens is 198 g/mol. The van der Waals surface area contributed by atoms with E-state index in [-0.39, 0.29) is 6.61 Å². The van der Waals surface area contributed by atoms with E-state index in [0.717, 1.165) is 0 Å². The van der Waals surface area contributed by atoms with Gasteiger partial charge in [0.2, 0.25) is 5.54 Å². The van der Waals surface area contributed by atoms with Gasteiger partial charge < -0.3 is 9.47 Å². The van der Waals surface area contributed by atoms with E-state index in [0.29, 0.717) is 6.54 Å². The van der Waals surface area contributed by atoms with Crippen molar-refractivity contribution in [1.82, 2.24) is 5.32 Å². The summed E-state index contributed by atoms with van der Waals surface area (Å²) in [6, 6.07) is 0. The van der Waals surface area contributed by atoms with Crippen LogP contribution < -0.4 is 5.32 Å². The standard InChI is InChI=1S/C10H17NO4/c1-5-14-7(12)10(6-11-10)8(13)15-9(2,3)4/h11H,5-6H2,1-4H3. The molecule has 0 aromatic rings. The van der Waals surface area contributed by atoms with Crippen molar-refractivity contribution in [1.29, 1.82) is 0 Å². The second-order valence-electron chi connectivity index (χ2n) is 4.48. The molecule has 0 amide bonds. The molecule has 1 rings (SSSR count). The van der Waals surface area contributed by atoms with Gasteiger partial charge in [-0.05, 0) is 27.7 Å². The molecule has 86 valence electrons. The highest BCUT2D eigenvalue weighted by Gasteiger charge is 2.60. The van der Waals surface area contributed by atoms with Crippen LogP contribution in [0.5, 0.6) is 0 Å². The maximum Gasteiger partial charge on any atom is 0.339 e. The lowest BCUT2D eigenvalue weighted by Gasteiger charge is -2.22. The Balaban J connectivity index is 2.63. The molecule has 1 saturated heterocycles. The van der Waals surface area contributed by atoms with Crippen molar-refractivity contribution in [2.75, 3.05) is 13.2 Å². The summed E-state index contributed by atoms with van der Waals surface area (Å²) in [4.78, 5) is 23.1. The van der Waals surface area contributed by atoms with Crippen LogP contribution in [0.25, 0.3) is 0 Å². The predicted octanol–water partition coefficient (Wildman–Crippen LogP) is 0.233. The van der Waals surface area contributed by atoms with E-state index in [1.54, 1.807) is 27.7 Å². The van der Waals surface area contributed by atoms with Crippen molar-refractivity contribution < 1.29 is 19.1 Å². The second-order valence-corrected chi connectivity index (χ2v) is 4.48. The number of rotatable bonds is 3. The van der Waals surface area contributed by atoms with E-state index < -0.39 is 23.1 Å². The van der Waals surface area contributed by atoms with Gasteiger partial charge in [0.25, 0.3) is 0 Å². The Morgan fingerprint density at radius 3 is 2.20 bits per heavy atom. The fraction of sp³-hybridized carbons (Fsp3) is 0.800. The van der Waals surface area contributed by atoms with Gasteiger partial charge in [-0.15, -0.1) is 0 Å². The molecule has 0 aromatic heterocycles. The van der Waals surface area contributed by atoms with Gasteiger partial charge in [-0.1, -0.05) is 0 Å². The topological polar surface area (TPSA) is 74.5 Å². The van der Waals surface area contributed by atoms with Crippen LogP contribution in [0.1, 0.15) is 27.7 Å². The molecule has 5 nitrogen and oxygen atoms in total. The summed E-state index contributed by atoms with van der Waals surface area (Å²) in [7, 11) is 0. The van der Waals surface area contributed by atoms with Crippen LogP contribution in [-0.4, -0.2) is 36.2 Å². The third-order valence-electron chi connectivity index (χ3n) is 1.90. The number of carbonyl (C=O) groups is 2. The lowest BCUT2D eigenvalue weighted by Crippen LogP contribution is -2.43. The minimum absolute atomic E-state index is 0.255. The third kappa shape index (κ3) is 2.68. The molecule has 0 spiro atoms. The Kier molecular flexibility index (Phi) is 3.04. The molecule has 0 saturated carbocycles. The van der Waals surface area contributed by atoms with Gasteiger partial charge in [-0.25, -0.2) is 9.59 Å². The van der Waals surface area contributed by atoms with Crippen LogP contribution >= 0.6 is 0 Å². The highest BCUT2D eigenvalue weighted by molar-refractivity contribution is 6.08. The molecule has 0 bridgehead atoms. The molecule has 1 atom stereocenters. The molecular formula is C10H17NO4. The molecule has 1 fully saturated rings. The molecule has 1 heterocycles. The van der Waals surface area contributed by atoms with Gasteiger partial charge in [0.1, 0.15) is 5.60 Å². The first-order valence-electron chi connectivity index (χ1n) is 4.97. The van der Waals surface area contributed by atoms with Gasteiger partial charge in [0.15, 0.2) is 0 Å². The van der Waals surface area contributed by atoms with Gasteiger partial charge in [0.05, 0.1) is 6.61 Å². The maximum absolute atomic E-state index is 11.7. The van der Waals surface area contributed by atoms with Crippen molar-refractivity contribution >= 4 is 11.9 Å². The van der Waals surface area contributed by atoms with Gasteiger partial charge in [-0.2, -0.15) is 0 Å². The number of hydrogen-bond acceptors (Lipinski definition) is 5. The van der Waals surface area contributed by atoms with Crippen LogP contribution in [-0.2, 0) is 19.1 Å². The van der Waals surface area contributed by atoms with Crippen molar-refractivity contribution in [3.63, 3.8) is 0 Å². The summed E-state index contributed by atoms with van der Waals surface area (Å²) >= 11 is 0. The minimum Gasteiger partial charge on any atom is -0.464 e. The largest absolute Gasteiger partial charge is 0.464 e. The summed E-state index contributed by atoms with van der Waals surface area (Å²) in [5, 5.41) is 2.71.